The Morgan fingerprint density at radius 3 is 2.61 bits per heavy atom. The Morgan fingerprint density at radius 1 is 1.07 bits per heavy atom. The predicted octanol–water partition coefficient (Wildman–Crippen LogP) is 1.31. The second kappa shape index (κ2) is 9.99. The van der Waals surface area contributed by atoms with E-state index in [-0.39, 0.29) is 24.0 Å². The fourth-order valence-electron chi connectivity index (χ4n) is 3.63. The van der Waals surface area contributed by atoms with Crippen molar-refractivity contribution in [1.82, 2.24) is 34.9 Å². The van der Waals surface area contributed by atoms with Gasteiger partial charge < -0.3 is 19.7 Å². The lowest BCUT2D eigenvalue weighted by atomic mass is 10.2. The Balaban J connectivity index is 0.00000225. The van der Waals surface area contributed by atoms with Gasteiger partial charge in [-0.15, -0.1) is 34.2 Å². The fraction of sp³-hybridized carbons (Fsp3) is 0.611. The van der Waals surface area contributed by atoms with E-state index in [4.69, 9.17) is 4.99 Å². The summed E-state index contributed by atoms with van der Waals surface area (Å²) in [5.74, 6) is 3.82. The van der Waals surface area contributed by atoms with Gasteiger partial charge in [0.1, 0.15) is 12.4 Å². The molecule has 0 bridgehead atoms. The fourth-order valence-corrected chi connectivity index (χ4v) is 3.63. The molecular weight excluding hydrogens is 469 g/mol. The Bertz CT molecular complexity index is 769. The third-order valence-corrected chi connectivity index (χ3v) is 5.06. The van der Waals surface area contributed by atoms with Gasteiger partial charge in [-0.2, -0.15) is 0 Å². The minimum Gasteiger partial charge on any atom is -0.357 e. The standard InChI is InChI=1S/C18H27N9.HI/c1-2-19-17(22-14-16-24-23-15-6-3-4-9-27(15)16)25-10-12-26(13-11-25)18-20-7-5-8-21-18;/h5,7-8H,2-4,6,9-14H2,1H3,(H,19,22);1H. The zero-order chi connectivity index (χ0) is 18.5. The highest BCUT2D eigenvalue weighted by Gasteiger charge is 2.21. The summed E-state index contributed by atoms with van der Waals surface area (Å²) in [6, 6.07) is 1.85. The zero-order valence-electron chi connectivity index (χ0n) is 16.3. The van der Waals surface area contributed by atoms with Crippen LogP contribution in [0.15, 0.2) is 23.5 Å². The quantitative estimate of drug-likeness (QED) is 0.387. The minimum absolute atomic E-state index is 0. The SMILES string of the molecule is CCNC(=NCc1nnc2n1CCCC2)N1CCN(c2ncccn2)CC1.I. The molecule has 4 heterocycles. The van der Waals surface area contributed by atoms with Gasteiger partial charge >= 0.3 is 0 Å². The normalized spacial score (nSPS) is 17.1. The molecule has 0 saturated carbocycles. The van der Waals surface area contributed by atoms with E-state index in [1.165, 1.54) is 12.8 Å². The molecule has 0 aromatic carbocycles. The number of fused-ring (bicyclic) bond motifs is 1. The number of halogens is 1. The molecular formula is C18H28IN9. The summed E-state index contributed by atoms with van der Waals surface area (Å²) in [6.45, 7) is 8.08. The predicted molar refractivity (Wildman–Crippen MR) is 119 cm³/mol. The Hall–Kier alpha value is -1.98. The maximum absolute atomic E-state index is 4.84. The van der Waals surface area contributed by atoms with Crippen molar-refractivity contribution in [2.45, 2.75) is 39.3 Å². The first-order chi connectivity index (χ1) is 13.3. The van der Waals surface area contributed by atoms with Crippen LogP contribution in [0, 0.1) is 0 Å². The van der Waals surface area contributed by atoms with E-state index in [0.717, 1.165) is 69.2 Å². The molecule has 4 rings (SSSR count). The van der Waals surface area contributed by atoms with Gasteiger partial charge in [-0.05, 0) is 25.8 Å². The van der Waals surface area contributed by atoms with Crippen LogP contribution in [0.25, 0.3) is 0 Å². The maximum atomic E-state index is 4.84. The molecule has 152 valence electrons. The van der Waals surface area contributed by atoms with Gasteiger partial charge in [-0.25, -0.2) is 15.0 Å². The first-order valence-corrected chi connectivity index (χ1v) is 9.81. The molecule has 28 heavy (non-hydrogen) atoms. The Morgan fingerprint density at radius 2 is 1.86 bits per heavy atom. The van der Waals surface area contributed by atoms with E-state index in [2.05, 4.69) is 46.8 Å². The van der Waals surface area contributed by atoms with E-state index in [9.17, 15) is 0 Å². The van der Waals surface area contributed by atoms with E-state index >= 15 is 0 Å². The molecule has 0 amide bonds. The third-order valence-electron chi connectivity index (χ3n) is 5.06. The van der Waals surface area contributed by atoms with Gasteiger partial charge in [-0.3, -0.25) is 0 Å². The molecule has 1 saturated heterocycles. The summed E-state index contributed by atoms with van der Waals surface area (Å²) in [7, 11) is 0. The van der Waals surface area contributed by atoms with Gasteiger partial charge in [0.15, 0.2) is 11.8 Å². The van der Waals surface area contributed by atoms with Crippen molar-refractivity contribution < 1.29 is 0 Å². The maximum Gasteiger partial charge on any atom is 0.225 e. The monoisotopic (exact) mass is 497 g/mol. The van der Waals surface area contributed by atoms with Crippen LogP contribution in [0.3, 0.4) is 0 Å². The summed E-state index contributed by atoms with van der Waals surface area (Å²) in [4.78, 5) is 18.1. The van der Waals surface area contributed by atoms with E-state index < -0.39 is 0 Å². The van der Waals surface area contributed by atoms with Crippen LogP contribution < -0.4 is 10.2 Å². The van der Waals surface area contributed by atoms with Crippen LogP contribution >= 0.6 is 24.0 Å². The van der Waals surface area contributed by atoms with Gasteiger partial charge in [-0.1, -0.05) is 0 Å². The number of piperazine rings is 1. The first-order valence-electron chi connectivity index (χ1n) is 9.81. The Labute approximate surface area is 182 Å². The molecule has 2 aliphatic heterocycles. The summed E-state index contributed by atoms with van der Waals surface area (Å²) >= 11 is 0. The van der Waals surface area contributed by atoms with Crippen molar-refractivity contribution in [2.24, 2.45) is 4.99 Å². The molecule has 2 aromatic heterocycles. The molecule has 1 fully saturated rings. The number of aromatic nitrogens is 5. The molecule has 0 radical (unpaired) electrons. The van der Waals surface area contributed by atoms with Crippen LogP contribution in [0.2, 0.25) is 0 Å². The molecule has 0 atom stereocenters. The van der Waals surface area contributed by atoms with Gasteiger partial charge in [0, 0.05) is 58.1 Å². The van der Waals surface area contributed by atoms with Crippen molar-refractivity contribution in [3.63, 3.8) is 0 Å². The number of aryl methyl sites for hydroxylation is 1. The van der Waals surface area contributed by atoms with Crippen molar-refractivity contribution >= 4 is 35.9 Å². The molecule has 1 N–H and O–H groups in total. The molecule has 2 aromatic rings. The molecule has 10 heteroatoms. The lowest BCUT2D eigenvalue weighted by Crippen LogP contribution is -2.53. The molecule has 0 unspecified atom stereocenters. The van der Waals surface area contributed by atoms with Crippen LogP contribution in [-0.4, -0.2) is 68.3 Å². The topological polar surface area (TPSA) is 87.4 Å². The third kappa shape index (κ3) is 4.70. The van der Waals surface area contributed by atoms with Crippen molar-refractivity contribution in [2.75, 3.05) is 37.6 Å². The summed E-state index contributed by atoms with van der Waals surface area (Å²) in [6.07, 6.45) is 7.02. The largest absolute Gasteiger partial charge is 0.357 e. The van der Waals surface area contributed by atoms with Gasteiger partial charge in [0.2, 0.25) is 5.95 Å². The number of hydrogen-bond acceptors (Lipinski definition) is 6. The average Bonchev–Trinajstić information content (AvgIpc) is 3.15. The van der Waals surface area contributed by atoms with Crippen LogP contribution in [0.1, 0.15) is 31.4 Å². The van der Waals surface area contributed by atoms with E-state index in [1.807, 2.05) is 6.07 Å². The number of hydrogen-bond donors (Lipinski definition) is 1. The highest BCUT2D eigenvalue weighted by atomic mass is 127. The molecule has 0 spiro atoms. The average molecular weight is 497 g/mol. The lowest BCUT2D eigenvalue weighted by molar-refractivity contribution is 0.369. The number of anilines is 1. The van der Waals surface area contributed by atoms with Crippen LogP contribution in [0.4, 0.5) is 5.95 Å². The number of nitrogens with one attached hydrogen (secondary N) is 1. The highest BCUT2D eigenvalue weighted by molar-refractivity contribution is 14.0. The minimum atomic E-state index is 0. The van der Waals surface area contributed by atoms with Crippen molar-refractivity contribution in [3.05, 3.63) is 30.1 Å². The van der Waals surface area contributed by atoms with Crippen molar-refractivity contribution in [3.8, 4) is 0 Å². The first kappa shape index (κ1) is 20.7. The lowest BCUT2D eigenvalue weighted by Gasteiger charge is -2.36. The second-order valence-electron chi connectivity index (χ2n) is 6.83. The number of nitrogens with zero attached hydrogens (tertiary/aromatic N) is 8. The molecule has 9 nitrogen and oxygen atoms in total. The highest BCUT2D eigenvalue weighted by Crippen LogP contribution is 2.15. The zero-order valence-corrected chi connectivity index (χ0v) is 18.6. The summed E-state index contributed by atoms with van der Waals surface area (Å²) in [5, 5.41) is 12.1. The number of guanidine groups is 1. The van der Waals surface area contributed by atoms with Gasteiger partial charge in [0.05, 0.1) is 0 Å². The summed E-state index contributed by atoms with van der Waals surface area (Å²) in [5.41, 5.74) is 0. The smallest absolute Gasteiger partial charge is 0.225 e. The van der Waals surface area contributed by atoms with Crippen LogP contribution in [0.5, 0.6) is 0 Å². The van der Waals surface area contributed by atoms with Crippen molar-refractivity contribution in [1.29, 1.82) is 0 Å². The summed E-state index contributed by atoms with van der Waals surface area (Å²) < 4.78 is 2.24. The van der Waals surface area contributed by atoms with Crippen LogP contribution in [-0.2, 0) is 19.5 Å². The number of rotatable bonds is 4. The van der Waals surface area contributed by atoms with E-state index in [0.29, 0.717) is 6.54 Å². The molecule has 0 aliphatic carbocycles. The second-order valence-corrected chi connectivity index (χ2v) is 6.83. The molecule has 2 aliphatic rings. The Kier molecular flexibility index (Phi) is 7.40. The van der Waals surface area contributed by atoms with Gasteiger partial charge in [0.25, 0.3) is 0 Å². The van der Waals surface area contributed by atoms with E-state index in [1.54, 1.807) is 12.4 Å². The number of aliphatic imine (C=N–C) groups is 1.